The second kappa shape index (κ2) is 5.40. The number of benzene rings is 1. The molecule has 2 heterocycles. The van der Waals surface area contributed by atoms with E-state index in [2.05, 4.69) is 10.2 Å². The topological polar surface area (TPSA) is 41.6 Å². The molecule has 1 aromatic carbocycles. The lowest BCUT2D eigenvalue weighted by Crippen LogP contribution is -2.34. The van der Waals surface area contributed by atoms with Crippen LogP contribution >= 0.6 is 0 Å². The highest BCUT2D eigenvalue weighted by molar-refractivity contribution is 5.95. The predicted octanol–water partition coefficient (Wildman–Crippen LogP) is 2.26. The first kappa shape index (κ1) is 13.4. The van der Waals surface area contributed by atoms with Crippen molar-refractivity contribution in [3.05, 3.63) is 29.6 Å². The van der Waals surface area contributed by atoms with Crippen LogP contribution in [0.2, 0.25) is 0 Å². The summed E-state index contributed by atoms with van der Waals surface area (Å²) in [6, 6.07) is 5.09. The smallest absolute Gasteiger partial charge is 0.340 e. The second-order valence-corrected chi connectivity index (χ2v) is 5.47. The first-order chi connectivity index (χ1) is 9.69. The van der Waals surface area contributed by atoms with Gasteiger partial charge in [0, 0.05) is 24.3 Å². The number of hydrogen-bond acceptors (Lipinski definition) is 4. The van der Waals surface area contributed by atoms with Crippen molar-refractivity contribution in [1.82, 2.24) is 4.90 Å². The van der Waals surface area contributed by atoms with Crippen LogP contribution in [0.15, 0.2) is 18.2 Å². The number of anilines is 1. The summed E-state index contributed by atoms with van der Waals surface area (Å²) in [5.74, 6) is -0.932. The third-order valence-electron chi connectivity index (χ3n) is 4.33. The molecule has 2 unspecified atom stereocenters. The van der Waals surface area contributed by atoms with Crippen molar-refractivity contribution in [3.8, 4) is 0 Å². The molecule has 20 heavy (non-hydrogen) atoms. The van der Waals surface area contributed by atoms with Gasteiger partial charge in [0.05, 0.1) is 12.7 Å². The van der Waals surface area contributed by atoms with Gasteiger partial charge in [-0.25, -0.2) is 9.18 Å². The Balaban J connectivity index is 1.82. The molecule has 2 aliphatic heterocycles. The lowest BCUT2D eigenvalue weighted by atomic mass is 10.0. The van der Waals surface area contributed by atoms with E-state index in [9.17, 15) is 9.18 Å². The van der Waals surface area contributed by atoms with Crippen LogP contribution < -0.4 is 5.32 Å². The monoisotopic (exact) mass is 278 g/mol. The number of esters is 1. The molecule has 3 rings (SSSR count). The van der Waals surface area contributed by atoms with E-state index in [-0.39, 0.29) is 5.56 Å². The van der Waals surface area contributed by atoms with Gasteiger partial charge in [-0.15, -0.1) is 0 Å². The van der Waals surface area contributed by atoms with Crippen LogP contribution in [0.5, 0.6) is 0 Å². The van der Waals surface area contributed by atoms with Gasteiger partial charge < -0.3 is 10.1 Å². The molecule has 0 aromatic heterocycles. The molecular weight excluding hydrogens is 259 g/mol. The first-order valence-electron chi connectivity index (χ1n) is 7.07. The normalized spacial score (nSPS) is 25.5. The Morgan fingerprint density at radius 1 is 1.40 bits per heavy atom. The molecule has 0 spiro atoms. The van der Waals surface area contributed by atoms with Gasteiger partial charge in [-0.2, -0.15) is 0 Å². The molecular formula is C15H19FN2O2. The number of hydrogen-bond donors (Lipinski definition) is 1. The summed E-state index contributed by atoms with van der Waals surface area (Å²) < 4.78 is 18.1. The molecule has 1 aromatic rings. The Bertz CT molecular complexity index is 521. The van der Waals surface area contributed by atoms with Crippen LogP contribution in [0, 0.1) is 5.82 Å². The van der Waals surface area contributed by atoms with Crippen molar-refractivity contribution in [2.45, 2.75) is 31.3 Å². The fourth-order valence-corrected chi connectivity index (χ4v) is 3.37. The zero-order chi connectivity index (χ0) is 14.1. The number of halogens is 1. The summed E-state index contributed by atoms with van der Waals surface area (Å²) in [4.78, 5) is 14.2. The first-order valence-corrected chi connectivity index (χ1v) is 7.07. The van der Waals surface area contributed by atoms with Crippen LogP contribution in [0.25, 0.3) is 0 Å². The molecule has 0 bridgehead atoms. The Labute approximate surface area is 117 Å². The largest absolute Gasteiger partial charge is 0.465 e. The van der Waals surface area contributed by atoms with E-state index < -0.39 is 11.8 Å². The van der Waals surface area contributed by atoms with Gasteiger partial charge in [-0.3, -0.25) is 4.90 Å². The number of nitrogens with one attached hydrogen (secondary N) is 1. The van der Waals surface area contributed by atoms with Gasteiger partial charge >= 0.3 is 5.97 Å². The Kier molecular flexibility index (Phi) is 3.61. The van der Waals surface area contributed by atoms with Crippen LogP contribution in [0.3, 0.4) is 0 Å². The summed E-state index contributed by atoms with van der Waals surface area (Å²) in [7, 11) is 1.31. The van der Waals surface area contributed by atoms with Gasteiger partial charge in [0.2, 0.25) is 0 Å². The Morgan fingerprint density at radius 2 is 2.25 bits per heavy atom. The summed E-state index contributed by atoms with van der Waals surface area (Å²) in [6.45, 7) is 2.26. The van der Waals surface area contributed by atoms with Crippen molar-refractivity contribution >= 4 is 11.7 Å². The van der Waals surface area contributed by atoms with E-state index >= 15 is 0 Å². The van der Waals surface area contributed by atoms with E-state index in [4.69, 9.17) is 4.74 Å². The average Bonchev–Trinajstić information content (AvgIpc) is 3.04. The van der Waals surface area contributed by atoms with E-state index in [0.717, 1.165) is 19.5 Å². The number of carbonyl (C=O) groups is 1. The number of rotatable bonds is 3. The highest BCUT2D eigenvalue weighted by Gasteiger charge is 2.37. The van der Waals surface area contributed by atoms with Crippen molar-refractivity contribution in [1.29, 1.82) is 0 Å². The molecule has 2 fully saturated rings. The van der Waals surface area contributed by atoms with Gasteiger partial charge in [0.25, 0.3) is 0 Å². The minimum absolute atomic E-state index is 0.268. The number of methoxy groups -OCH3 is 1. The maximum Gasteiger partial charge on any atom is 0.340 e. The molecule has 0 amide bonds. The Morgan fingerprint density at radius 3 is 3.05 bits per heavy atom. The average molecular weight is 278 g/mol. The van der Waals surface area contributed by atoms with Gasteiger partial charge in [0.15, 0.2) is 0 Å². The summed E-state index contributed by atoms with van der Waals surface area (Å²) in [5.41, 5.74) is 0.931. The molecule has 0 radical (unpaired) electrons. The van der Waals surface area contributed by atoms with Crippen LogP contribution in [0.1, 0.15) is 29.6 Å². The highest BCUT2D eigenvalue weighted by Crippen LogP contribution is 2.31. The molecule has 0 aliphatic carbocycles. The van der Waals surface area contributed by atoms with Crippen molar-refractivity contribution in [2.24, 2.45) is 0 Å². The highest BCUT2D eigenvalue weighted by atomic mass is 19.1. The van der Waals surface area contributed by atoms with E-state index in [1.54, 1.807) is 6.07 Å². The minimum atomic E-state index is -0.506. The third-order valence-corrected chi connectivity index (χ3v) is 4.33. The number of fused-ring (bicyclic) bond motifs is 1. The van der Waals surface area contributed by atoms with Crippen LogP contribution in [0.4, 0.5) is 10.1 Å². The fourth-order valence-electron chi connectivity index (χ4n) is 3.37. The molecule has 2 saturated heterocycles. The number of carbonyl (C=O) groups excluding carboxylic acids is 1. The van der Waals surface area contributed by atoms with Crippen molar-refractivity contribution < 1.29 is 13.9 Å². The standard InChI is InChI=1S/C15H19FN2O2/c1-20-15(19)11-9-10(16)4-5-12(11)17-13-6-8-18-7-2-3-14(13)18/h4-5,9,13-14,17H,2-3,6-8H2,1H3. The fraction of sp³-hybridized carbons (Fsp3) is 0.533. The number of nitrogens with zero attached hydrogens (tertiary/aromatic N) is 1. The molecule has 5 heteroatoms. The zero-order valence-corrected chi connectivity index (χ0v) is 11.6. The van der Waals surface area contributed by atoms with Crippen molar-refractivity contribution in [3.63, 3.8) is 0 Å². The van der Waals surface area contributed by atoms with E-state index in [1.165, 1.54) is 32.1 Å². The third kappa shape index (κ3) is 2.38. The summed E-state index contributed by atoms with van der Waals surface area (Å²) >= 11 is 0. The quantitative estimate of drug-likeness (QED) is 0.861. The maximum atomic E-state index is 13.3. The van der Waals surface area contributed by atoms with Gasteiger partial charge in [0.1, 0.15) is 5.82 Å². The summed E-state index contributed by atoms with van der Waals surface area (Å²) in [6.07, 6.45) is 3.48. The molecule has 0 saturated carbocycles. The Hall–Kier alpha value is -1.62. The van der Waals surface area contributed by atoms with Gasteiger partial charge in [-0.1, -0.05) is 0 Å². The van der Waals surface area contributed by atoms with E-state index in [0.29, 0.717) is 17.8 Å². The molecule has 1 N–H and O–H groups in total. The minimum Gasteiger partial charge on any atom is -0.465 e. The molecule has 2 atom stereocenters. The summed E-state index contributed by atoms with van der Waals surface area (Å²) in [5, 5.41) is 3.41. The molecule has 4 nitrogen and oxygen atoms in total. The predicted molar refractivity (Wildman–Crippen MR) is 74.4 cm³/mol. The lowest BCUT2D eigenvalue weighted by Gasteiger charge is -2.23. The molecule has 2 aliphatic rings. The lowest BCUT2D eigenvalue weighted by molar-refractivity contribution is 0.0601. The van der Waals surface area contributed by atoms with Crippen LogP contribution in [-0.4, -0.2) is 43.2 Å². The maximum absolute atomic E-state index is 13.3. The van der Waals surface area contributed by atoms with Crippen LogP contribution in [-0.2, 0) is 4.74 Å². The molecule has 108 valence electrons. The van der Waals surface area contributed by atoms with Crippen molar-refractivity contribution in [2.75, 3.05) is 25.5 Å². The van der Waals surface area contributed by atoms with E-state index in [1.807, 2.05) is 0 Å². The zero-order valence-electron chi connectivity index (χ0n) is 11.6. The second-order valence-electron chi connectivity index (χ2n) is 5.47. The van der Waals surface area contributed by atoms with Gasteiger partial charge in [-0.05, 0) is 44.0 Å². The number of ether oxygens (including phenoxy) is 1. The SMILES string of the molecule is COC(=O)c1cc(F)ccc1NC1CCN2CCCC12.